The molecule has 0 spiro atoms. The summed E-state index contributed by atoms with van der Waals surface area (Å²) in [4.78, 5) is 46.4. The van der Waals surface area contributed by atoms with Crippen LogP contribution in [0, 0.1) is 0 Å². The van der Waals surface area contributed by atoms with E-state index in [0.29, 0.717) is 37.2 Å². The summed E-state index contributed by atoms with van der Waals surface area (Å²) in [6.07, 6.45) is 4.52. The van der Waals surface area contributed by atoms with Gasteiger partial charge in [-0.25, -0.2) is 9.69 Å². The van der Waals surface area contributed by atoms with Gasteiger partial charge in [-0.2, -0.15) is 0 Å². The fourth-order valence-corrected chi connectivity index (χ4v) is 3.69. The molecule has 7 heteroatoms. The third-order valence-electron chi connectivity index (χ3n) is 5.11. The molecule has 2 aliphatic rings. The van der Waals surface area contributed by atoms with Crippen LogP contribution in [0.15, 0.2) is 54.9 Å². The van der Waals surface area contributed by atoms with Crippen molar-refractivity contribution in [3.8, 4) is 0 Å². The predicted octanol–water partition coefficient (Wildman–Crippen LogP) is 2.16. The molecule has 0 bridgehead atoms. The Bertz CT molecular complexity index is 848. The van der Waals surface area contributed by atoms with E-state index in [1.807, 2.05) is 6.07 Å². The molecule has 27 heavy (non-hydrogen) atoms. The van der Waals surface area contributed by atoms with Crippen LogP contribution < -0.4 is 4.90 Å². The Morgan fingerprint density at radius 3 is 2.41 bits per heavy atom. The van der Waals surface area contributed by atoms with Crippen molar-refractivity contribution in [2.45, 2.75) is 18.9 Å². The molecule has 1 aromatic carbocycles. The standard InChI is InChI=1S/C20H20N4O3/c25-18-14-23(20(27)24(18)17-6-2-1-3-7-17)16-8-11-22(12-9-16)19(26)15-5-4-10-21-13-15/h1-7,10,13,16H,8-9,11-12,14H2. The highest BCUT2D eigenvalue weighted by Crippen LogP contribution is 2.26. The number of aromatic nitrogens is 1. The number of benzene rings is 1. The lowest BCUT2D eigenvalue weighted by Crippen LogP contribution is -2.48. The molecule has 2 aromatic rings. The van der Waals surface area contributed by atoms with Crippen LogP contribution >= 0.6 is 0 Å². The molecule has 2 fully saturated rings. The Labute approximate surface area is 157 Å². The Kier molecular flexibility index (Phi) is 4.58. The minimum atomic E-state index is -0.275. The monoisotopic (exact) mass is 364 g/mol. The molecule has 0 unspecified atom stereocenters. The van der Waals surface area contributed by atoms with Gasteiger partial charge < -0.3 is 9.80 Å². The third kappa shape index (κ3) is 3.28. The Hall–Kier alpha value is -3.22. The summed E-state index contributed by atoms with van der Waals surface area (Å²) in [6.45, 7) is 1.21. The van der Waals surface area contributed by atoms with Crippen molar-refractivity contribution in [2.24, 2.45) is 0 Å². The first-order chi connectivity index (χ1) is 13.1. The molecule has 4 amide bonds. The van der Waals surface area contributed by atoms with Crippen LogP contribution in [0.25, 0.3) is 0 Å². The van der Waals surface area contributed by atoms with Crippen LogP contribution in [0.4, 0.5) is 10.5 Å². The zero-order valence-corrected chi connectivity index (χ0v) is 14.8. The smallest absolute Gasteiger partial charge is 0.332 e. The van der Waals surface area contributed by atoms with Gasteiger partial charge in [0.2, 0.25) is 0 Å². The van der Waals surface area contributed by atoms with Gasteiger partial charge in [-0.3, -0.25) is 14.6 Å². The second-order valence-corrected chi connectivity index (χ2v) is 6.74. The van der Waals surface area contributed by atoms with Gasteiger partial charge in [0.15, 0.2) is 0 Å². The highest BCUT2D eigenvalue weighted by Gasteiger charge is 2.41. The Balaban J connectivity index is 1.41. The summed E-state index contributed by atoms with van der Waals surface area (Å²) < 4.78 is 0. The summed E-state index contributed by atoms with van der Waals surface area (Å²) in [6, 6.07) is 12.2. The number of rotatable bonds is 3. The first-order valence-electron chi connectivity index (χ1n) is 9.03. The first-order valence-corrected chi connectivity index (χ1v) is 9.03. The fraction of sp³-hybridized carbons (Fsp3) is 0.300. The number of nitrogens with zero attached hydrogens (tertiary/aromatic N) is 4. The van der Waals surface area contributed by atoms with Crippen molar-refractivity contribution in [1.82, 2.24) is 14.8 Å². The average molecular weight is 364 g/mol. The van der Waals surface area contributed by atoms with E-state index in [0.717, 1.165) is 0 Å². The summed E-state index contributed by atoms with van der Waals surface area (Å²) in [5.74, 6) is -0.253. The molecule has 4 rings (SSSR count). The van der Waals surface area contributed by atoms with Crippen LogP contribution in [0.3, 0.4) is 0 Å². The molecule has 0 radical (unpaired) electrons. The lowest BCUT2D eigenvalue weighted by atomic mass is 10.0. The highest BCUT2D eigenvalue weighted by atomic mass is 16.2. The second-order valence-electron chi connectivity index (χ2n) is 6.74. The number of hydrogen-bond donors (Lipinski definition) is 0. The number of likely N-dealkylation sites (tertiary alicyclic amines) is 1. The molecule has 2 saturated heterocycles. The van der Waals surface area contributed by atoms with Crippen molar-refractivity contribution in [2.75, 3.05) is 24.5 Å². The molecule has 7 nitrogen and oxygen atoms in total. The van der Waals surface area contributed by atoms with E-state index in [2.05, 4.69) is 4.98 Å². The number of para-hydroxylation sites is 1. The molecular formula is C20H20N4O3. The minimum Gasteiger partial charge on any atom is -0.338 e. The normalized spacial score (nSPS) is 18.3. The van der Waals surface area contributed by atoms with Crippen molar-refractivity contribution in [3.05, 3.63) is 60.4 Å². The van der Waals surface area contributed by atoms with E-state index in [1.54, 1.807) is 58.6 Å². The highest BCUT2D eigenvalue weighted by molar-refractivity contribution is 6.19. The van der Waals surface area contributed by atoms with E-state index in [-0.39, 0.29) is 30.4 Å². The molecule has 0 aliphatic carbocycles. The largest absolute Gasteiger partial charge is 0.338 e. The Morgan fingerprint density at radius 1 is 1.00 bits per heavy atom. The maximum Gasteiger partial charge on any atom is 0.332 e. The van der Waals surface area contributed by atoms with E-state index >= 15 is 0 Å². The maximum atomic E-state index is 12.8. The van der Waals surface area contributed by atoms with Gasteiger partial charge in [-0.1, -0.05) is 18.2 Å². The lowest BCUT2D eigenvalue weighted by Gasteiger charge is -2.36. The molecule has 138 valence electrons. The van der Waals surface area contributed by atoms with Crippen LogP contribution in [-0.2, 0) is 4.79 Å². The number of carbonyl (C=O) groups excluding carboxylic acids is 3. The van der Waals surface area contributed by atoms with E-state index in [4.69, 9.17) is 0 Å². The maximum absolute atomic E-state index is 12.8. The van der Waals surface area contributed by atoms with Gasteiger partial charge in [0, 0.05) is 31.5 Å². The number of urea groups is 1. The molecule has 0 saturated carbocycles. The van der Waals surface area contributed by atoms with Crippen molar-refractivity contribution in [3.63, 3.8) is 0 Å². The second kappa shape index (κ2) is 7.19. The fourth-order valence-electron chi connectivity index (χ4n) is 3.69. The van der Waals surface area contributed by atoms with Crippen LogP contribution in [0.1, 0.15) is 23.2 Å². The van der Waals surface area contributed by atoms with Gasteiger partial charge in [0.05, 0.1) is 11.3 Å². The van der Waals surface area contributed by atoms with Crippen LogP contribution in [0.5, 0.6) is 0 Å². The SMILES string of the molecule is O=C(c1cccnc1)N1CCC(N2CC(=O)N(c3ccccc3)C2=O)CC1. The molecule has 2 aliphatic heterocycles. The summed E-state index contributed by atoms with van der Waals surface area (Å²) in [5, 5.41) is 0. The van der Waals surface area contributed by atoms with Gasteiger partial charge in [-0.15, -0.1) is 0 Å². The van der Waals surface area contributed by atoms with E-state index in [1.165, 1.54) is 4.90 Å². The quantitative estimate of drug-likeness (QED) is 0.783. The van der Waals surface area contributed by atoms with E-state index < -0.39 is 0 Å². The summed E-state index contributed by atoms with van der Waals surface area (Å²) in [7, 11) is 0. The zero-order chi connectivity index (χ0) is 18.8. The topological polar surface area (TPSA) is 73.8 Å². The number of pyridine rings is 1. The number of piperidine rings is 1. The van der Waals surface area contributed by atoms with Crippen molar-refractivity contribution >= 4 is 23.5 Å². The number of hydrogen-bond acceptors (Lipinski definition) is 4. The molecular weight excluding hydrogens is 344 g/mol. The van der Waals surface area contributed by atoms with E-state index in [9.17, 15) is 14.4 Å². The molecule has 1 aromatic heterocycles. The summed E-state index contributed by atoms with van der Waals surface area (Å²) >= 11 is 0. The first kappa shape index (κ1) is 17.2. The number of amides is 4. The Morgan fingerprint density at radius 2 is 1.74 bits per heavy atom. The third-order valence-corrected chi connectivity index (χ3v) is 5.11. The summed E-state index contributed by atoms with van der Waals surface area (Å²) in [5.41, 5.74) is 1.16. The average Bonchev–Trinajstić information content (AvgIpc) is 3.03. The van der Waals surface area contributed by atoms with Crippen LogP contribution in [-0.4, -0.2) is 58.3 Å². The van der Waals surface area contributed by atoms with Gasteiger partial charge in [0.1, 0.15) is 6.54 Å². The number of carbonyl (C=O) groups is 3. The van der Waals surface area contributed by atoms with Crippen molar-refractivity contribution in [1.29, 1.82) is 0 Å². The van der Waals surface area contributed by atoms with Gasteiger partial charge >= 0.3 is 6.03 Å². The predicted molar refractivity (Wildman–Crippen MR) is 99.2 cm³/mol. The molecule has 0 atom stereocenters. The van der Waals surface area contributed by atoms with Gasteiger partial charge in [0.25, 0.3) is 11.8 Å². The van der Waals surface area contributed by atoms with Gasteiger partial charge in [-0.05, 0) is 37.1 Å². The number of anilines is 1. The van der Waals surface area contributed by atoms with Crippen molar-refractivity contribution < 1.29 is 14.4 Å². The zero-order valence-electron chi connectivity index (χ0n) is 14.8. The lowest BCUT2D eigenvalue weighted by molar-refractivity contribution is -0.116. The minimum absolute atomic E-state index is 0.0342. The van der Waals surface area contributed by atoms with Crippen LogP contribution in [0.2, 0.25) is 0 Å². The molecule has 3 heterocycles. The number of imide groups is 1. The molecule has 0 N–H and O–H groups in total.